The largest absolute Gasteiger partial charge is 0.466 e. The number of halogens is 2. The average Bonchev–Trinajstić information content (AvgIpc) is 2.53. The summed E-state index contributed by atoms with van der Waals surface area (Å²) in [4.78, 5) is 25.1. The predicted octanol–water partition coefficient (Wildman–Crippen LogP) is 4.03. The minimum absolute atomic E-state index is 0.375. The van der Waals surface area contributed by atoms with Gasteiger partial charge in [0.05, 0.1) is 5.69 Å². The second kappa shape index (κ2) is 6.00. The van der Waals surface area contributed by atoms with Crippen molar-refractivity contribution in [2.45, 2.75) is 19.4 Å². The normalized spacial score (nSPS) is 19.1. The van der Waals surface area contributed by atoms with Crippen LogP contribution in [0.5, 0.6) is 5.75 Å². The van der Waals surface area contributed by atoms with E-state index in [1.165, 1.54) is 6.92 Å². The fourth-order valence-electron chi connectivity index (χ4n) is 2.33. The van der Waals surface area contributed by atoms with Crippen LogP contribution in [0.4, 0.5) is 11.4 Å². The second-order valence-electron chi connectivity index (χ2n) is 5.60. The first kappa shape index (κ1) is 16.6. The molecule has 3 rings (SSSR count). The first-order valence-corrected chi connectivity index (χ1v) is 7.93. The molecule has 1 aliphatic rings. The number of fused-ring (bicyclic) bond motifs is 1. The van der Waals surface area contributed by atoms with Crippen molar-refractivity contribution in [3.8, 4) is 5.75 Å². The van der Waals surface area contributed by atoms with Gasteiger partial charge >= 0.3 is 0 Å². The van der Waals surface area contributed by atoms with E-state index in [9.17, 15) is 9.59 Å². The highest BCUT2D eigenvalue weighted by Gasteiger charge is 2.47. The summed E-state index contributed by atoms with van der Waals surface area (Å²) in [6, 6.07) is 9.93. The van der Waals surface area contributed by atoms with Crippen LogP contribution in [0.15, 0.2) is 36.4 Å². The molecule has 2 N–H and O–H groups in total. The molecule has 0 fully saturated rings. The van der Waals surface area contributed by atoms with Gasteiger partial charge in [0.1, 0.15) is 5.75 Å². The van der Waals surface area contributed by atoms with E-state index >= 15 is 0 Å². The standard InChI is InChI=1S/C17H14Cl2N2O3/c1-9-11(19)4-3-5-12(9)20-15(22)17(2)16(23)21-13-8-10(18)6-7-14(13)24-17/h3-8H,1-2H3,(H,20,22)(H,21,23). The number of hydrogen-bond donors (Lipinski definition) is 2. The Bertz CT molecular complexity index is 854. The van der Waals surface area contributed by atoms with Crippen molar-refractivity contribution in [2.24, 2.45) is 0 Å². The van der Waals surface area contributed by atoms with Crippen LogP contribution in [0.25, 0.3) is 0 Å². The van der Waals surface area contributed by atoms with Crippen LogP contribution < -0.4 is 15.4 Å². The van der Waals surface area contributed by atoms with E-state index in [0.29, 0.717) is 32.7 Å². The Hall–Kier alpha value is -2.24. The first-order valence-electron chi connectivity index (χ1n) is 7.18. The molecule has 0 saturated carbocycles. The molecule has 0 aromatic heterocycles. The smallest absolute Gasteiger partial charge is 0.278 e. The van der Waals surface area contributed by atoms with Gasteiger partial charge in [0, 0.05) is 15.7 Å². The molecule has 1 unspecified atom stereocenters. The van der Waals surface area contributed by atoms with E-state index in [2.05, 4.69) is 10.6 Å². The molecule has 0 aliphatic carbocycles. The molecule has 2 aromatic carbocycles. The van der Waals surface area contributed by atoms with Gasteiger partial charge in [-0.2, -0.15) is 0 Å². The Balaban J connectivity index is 1.90. The third-order valence-electron chi connectivity index (χ3n) is 3.89. The van der Waals surface area contributed by atoms with Gasteiger partial charge in [-0.25, -0.2) is 0 Å². The molecule has 0 saturated heterocycles. The number of anilines is 2. The van der Waals surface area contributed by atoms with Crippen molar-refractivity contribution in [2.75, 3.05) is 10.6 Å². The van der Waals surface area contributed by atoms with E-state index in [-0.39, 0.29) is 0 Å². The second-order valence-corrected chi connectivity index (χ2v) is 6.44. The maximum Gasteiger partial charge on any atom is 0.278 e. The van der Waals surface area contributed by atoms with Crippen molar-refractivity contribution < 1.29 is 14.3 Å². The number of benzene rings is 2. The molecule has 124 valence electrons. The quantitative estimate of drug-likeness (QED) is 0.790. The highest BCUT2D eigenvalue weighted by molar-refractivity contribution is 6.32. The van der Waals surface area contributed by atoms with Gasteiger partial charge in [0.25, 0.3) is 17.4 Å². The van der Waals surface area contributed by atoms with Crippen LogP contribution >= 0.6 is 23.2 Å². The third-order valence-corrected chi connectivity index (χ3v) is 4.53. The maximum absolute atomic E-state index is 12.7. The number of amides is 2. The monoisotopic (exact) mass is 364 g/mol. The van der Waals surface area contributed by atoms with Crippen molar-refractivity contribution in [1.82, 2.24) is 0 Å². The molecule has 0 radical (unpaired) electrons. The van der Waals surface area contributed by atoms with Gasteiger partial charge < -0.3 is 15.4 Å². The van der Waals surface area contributed by atoms with E-state index in [0.717, 1.165) is 0 Å². The summed E-state index contributed by atoms with van der Waals surface area (Å²) in [5, 5.41) is 6.33. The summed E-state index contributed by atoms with van der Waals surface area (Å²) < 4.78 is 5.68. The summed E-state index contributed by atoms with van der Waals surface area (Å²) >= 11 is 12.0. The topological polar surface area (TPSA) is 67.4 Å². The number of carbonyl (C=O) groups is 2. The van der Waals surface area contributed by atoms with E-state index in [1.54, 1.807) is 43.3 Å². The van der Waals surface area contributed by atoms with Crippen LogP contribution in [0.3, 0.4) is 0 Å². The molecule has 24 heavy (non-hydrogen) atoms. The molecule has 1 aliphatic heterocycles. The molecule has 2 aromatic rings. The number of nitrogens with one attached hydrogen (secondary N) is 2. The van der Waals surface area contributed by atoms with Gasteiger partial charge in [-0.05, 0) is 49.7 Å². The third kappa shape index (κ3) is 2.81. The van der Waals surface area contributed by atoms with E-state index in [4.69, 9.17) is 27.9 Å². The molecule has 0 bridgehead atoms. The average molecular weight is 365 g/mol. The van der Waals surface area contributed by atoms with Crippen molar-refractivity contribution >= 4 is 46.4 Å². The number of rotatable bonds is 2. The number of carbonyl (C=O) groups excluding carboxylic acids is 2. The minimum Gasteiger partial charge on any atom is -0.466 e. The van der Waals surface area contributed by atoms with Crippen LogP contribution in [0, 0.1) is 6.92 Å². The molecular formula is C17H14Cl2N2O3. The van der Waals surface area contributed by atoms with Gasteiger partial charge in [0.15, 0.2) is 0 Å². The van der Waals surface area contributed by atoms with Gasteiger partial charge in [-0.15, -0.1) is 0 Å². The van der Waals surface area contributed by atoms with Crippen LogP contribution in [0.2, 0.25) is 10.0 Å². The lowest BCUT2D eigenvalue weighted by Gasteiger charge is -2.33. The van der Waals surface area contributed by atoms with Crippen LogP contribution in [0.1, 0.15) is 12.5 Å². The first-order chi connectivity index (χ1) is 11.3. The Labute approximate surface area is 148 Å². The van der Waals surface area contributed by atoms with Crippen LogP contribution in [-0.4, -0.2) is 17.4 Å². The fourth-order valence-corrected chi connectivity index (χ4v) is 2.68. The summed E-state index contributed by atoms with van der Waals surface area (Å²) in [6.07, 6.45) is 0. The highest BCUT2D eigenvalue weighted by Crippen LogP contribution is 2.36. The summed E-state index contributed by atoms with van der Waals surface area (Å²) in [5.41, 5.74) is -0.0569. The Morgan fingerprint density at radius 1 is 1.25 bits per heavy atom. The Morgan fingerprint density at radius 2 is 2.00 bits per heavy atom. The van der Waals surface area contributed by atoms with Crippen molar-refractivity contribution in [1.29, 1.82) is 0 Å². The molecule has 1 atom stereocenters. The minimum atomic E-state index is -1.71. The van der Waals surface area contributed by atoms with E-state index in [1.807, 2.05) is 0 Å². The van der Waals surface area contributed by atoms with Crippen LogP contribution in [-0.2, 0) is 9.59 Å². The van der Waals surface area contributed by atoms with Gasteiger partial charge in [-0.1, -0.05) is 29.3 Å². The fraction of sp³-hybridized carbons (Fsp3) is 0.176. The number of ether oxygens (including phenoxy) is 1. The predicted molar refractivity (Wildman–Crippen MR) is 93.9 cm³/mol. The molecule has 1 heterocycles. The maximum atomic E-state index is 12.7. The lowest BCUT2D eigenvalue weighted by Crippen LogP contribution is -2.56. The van der Waals surface area contributed by atoms with Crippen molar-refractivity contribution in [3.63, 3.8) is 0 Å². The molecule has 5 nitrogen and oxygen atoms in total. The SMILES string of the molecule is Cc1c(Cl)cccc1NC(=O)C1(C)Oc2ccc(Cl)cc2NC1=O. The summed E-state index contributed by atoms with van der Waals surface area (Å²) in [5.74, 6) is -0.792. The molecule has 2 amide bonds. The van der Waals surface area contributed by atoms with Gasteiger partial charge in [-0.3, -0.25) is 9.59 Å². The van der Waals surface area contributed by atoms with Gasteiger partial charge in [0.2, 0.25) is 0 Å². The zero-order valence-electron chi connectivity index (χ0n) is 12.9. The molecule has 7 heteroatoms. The lowest BCUT2D eigenvalue weighted by atomic mass is 10.0. The van der Waals surface area contributed by atoms with Crippen molar-refractivity contribution in [3.05, 3.63) is 52.0 Å². The molecular weight excluding hydrogens is 351 g/mol. The number of hydrogen-bond acceptors (Lipinski definition) is 3. The Kier molecular flexibility index (Phi) is 4.15. The molecule has 0 spiro atoms. The summed E-state index contributed by atoms with van der Waals surface area (Å²) in [6.45, 7) is 3.19. The summed E-state index contributed by atoms with van der Waals surface area (Å²) in [7, 11) is 0. The lowest BCUT2D eigenvalue weighted by molar-refractivity contribution is -0.143. The zero-order valence-corrected chi connectivity index (χ0v) is 14.5. The zero-order chi connectivity index (χ0) is 17.5. The Morgan fingerprint density at radius 3 is 2.75 bits per heavy atom. The highest BCUT2D eigenvalue weighted by atomic mass is 35.5. The van der Waals surface area contributed by atoms with E-state index < -0.39 is 17.4 Å².